The van der Waals surface area contributed by atoms with Gasteiger partial charge in [-0.3, -0.25) is 0 Å². The van der Waals surface area contributed by atoms with Crippen LogP contribution in [0, 0.1) is 19.7 Å². The Kier molecular flexibility index (Phi) is 4.24. The molecule has 1 atom stereocenters. The molecule has 0 spiro atoms. The van der Waals surface area contributed by atoms with E-state index in [2.05, 4.69) is 29.0 Å². The van der Waals surface area contributed by atoms with Crippen molar-refractivity contribution in [2.75, 3.05) is 0 Å². The molecule has 7 heteroatoms. The summed E-state index contributed by atoms with van der Waals surface area (Å²) in [5.74, 6) is 0.646. The van der Waals surface area contributed by atoms with E-state index < -0.39 is 0 Å². The molecular formula is C22H19FN4O2. The maximum absolute atomic E-state index is 13.2. The second kappa shape index (κ2) is 6.93. The van der Waals surface area contributed by atoms with Crippen LogP contribution in [0.3, 0.4) is 0 Å². The minimum absolute atomic E-state index is 0.154. The fraction of sp³-hybridized carbons (Fsp3) is 0.227. The Morgan fingerprint density at radius 1 is 1.07 bits per heavy atom. The summed E-state index contributed by atoms with van der Waals surface area (Å²) in [6.45, 7) is 5.07. The topological polar surface area (TPSA) is 66.0 Å². The lowest BCUT2D eigenvalue weighted by Gasteiger charge is -2.25. The number of ether oxygens (including phenoxy) is 1. The second-order valence-corrected chi connectivity index (χ2v) is 7.27. The predicted octanol–water partition coefficient (Wildman–Crippen LogP) is 4.63. The van der Waals surface area contributed by atoms with E-state index in [9.17, 15) is 4.39 Å². The largest absolute Gasteiger partial charge is 0.365 e. The summed E-state index contributed by atoms with van der Waals surface area (Å²) in [6.07, 6.45) is 1.60. The van der Waals surface area contributed by atoms with E-state index >= 15 is 0 Å². The van der Waals surface area contributed by atoms with E-state index in [1.165, 1.54) is 23.3 Å². The van der Waals surface area contributed by atoms with Gasteiger partial charge in [-0.15, -0.1) is 0 Å². The highest BCUT2D eigenvalue weighted by Crippen LogP contribution is 2.32. The van der Waals surface area contributed by atoms with Crippen LogP contribution in [0.4, 0.5) is 4.39 Å². The van der Waals surface area contributed by atoms with Crippen LogP contribution >= 0.6 is 0 Å². The Balaban J connectivity index is 1.41. The molecule has 4 aromatic rings. The van der Waals surface area contributed by atoms with E-state index in [4.69, 9.17) is 9.26 Å². The van der Waals surface area contributed by atoms with Gasteiger partial charge in [-0.2, -0.15) is 4.98 Å². The molecule has 3 heterocycles. The van der Waals surface area contributed by atoms with Gasteiger partial charge in [0.1, 0.15) is 11.9 Å². The molecule has 5 rings (SSSR count). The summed E-state index contributed by atoms with van der Waals surface area (Å²) in [4.78, 5) is 9.01. The van der Waals surface area contributed by atoms with Crippen molar-refractivity contribution in [1.29, 1.82) is 0 Å². The lowest BCUT2D eigenvalue weighted by atomic mass is 10.1. The normalized spacial score (nSPS) is 16.0. The number of aromatic nitrogens is 4. The molecule has 1 aliphatic heterocycles. The predicted molar refractivity (Wildman–Crippen MR) is 104 cm³/mol. The van der Waals surface area contributed by atoms with Crippen molar-refractivity contribution in [3.63, 3.8) is 0 Å². The summed E-state index contributed by atoms with van der Waals surface area (Å²) in [5, 5.41) is 4.12. The monoisotopic (exact) mass is 390 g/mol. The summed E-state index contributed by atoms with van der Waals surface area (Å²) in [5.41, 5.74) is 5.75. The molecule has 1 aliphatic rings. The molecule has 6 nitrogen and oxygen atoms in total. The van der Waals surface area contributed by atoms with Gasteiger partial charge < -0.3 is 13.8 Å². The van der Waals surface area contributed by atoms with Gasteiger partial charge in [0.25, 0.3) is 5.89 Å². The first kappa shape index (κ1) is 17.8. The van der Waals surface area contributed by atoms with Crippen LogP contribution in [0.15, 0.2) is 53.3 Å². The van der Waals surface area contributed by atoms with E-state index in [1.54, 1.807) is 18.5 Å². The molecule has 0 N–H and O–H groups in total. The second-order valence-electron chi connectivity index (χ2n) is 7.27. The van der Waals surface area contributed by atoms with Gasteiger partial charge >= 0.3 is 0 Å². The van der Waals surface area contributed by atoms with Crippen molar-refractivity contribution in [3.8, 4) is 23.0 Å². The number of hydrogen-bond acceptors (Lipinski definition) is 5. The molecular weight excluding hydrogens is 371 g/mol. The summed E-state index contributed by atoms with van der Waals surface area (Å²) >= 11 is 0. The van der Waals surface area contributed by atoms with Crippen LogP contribution in [0.25, 0.3) is 23.0 Å². The van der Waals surface area contributed by atoms with Crippen molar-refractivity contribution < 1.29 is 13.7 Å². The Bertz CT molecular complexity index is 1180. The highest BCUT2D eigenvalue weighted by atomic mass is 19.1. The van der Waals surface area contributed by atoms with E-state index in [1.807, 2.05) is 22.8 Å². The molecule has 0 aliphatic carbocycles. The summed E-state index contributed by atoms with van der Waals surface area (Å²) in [7, 11) is 0. The zero-order chi connectivity index (χ0) is 20.0. The Labute approximate surface area is 167 Å². The summed E-state index contributed by atoms with van der Waals surface area (Å²) < 4.78 is 26.7. The average Bonchev–Trinajstić information content (AvgIpc) is 3.37. The zero-order valence-corrected chi connectivity index (χ0v) is 16.1. The number of nitrogens with zero attached hydrogens (tertiary/aromatic N) is 4. The van der Waals surface area contributed by atoms with Gasteiger partial charge in [-0.05, 0) is 48.7 Å². The maximum Gasteiger partial charge on any atom is 0.278 e. The van der Waals surface area contributed by atoms with Gasteiger partial charge in [0.05, 0.1) is 25.2 Å². The molecule has 0 fully saturated rings. The molecule has 2 aromatic heterocycles. The minimum Gasteiger partial charge on any atom is -0.365 e. The number of benzene rings is 2. The van der Waals surface area contributed by atoms with Gasteiger partial charge in [0.15, 0.2) is 5.69 Å². The van der Waals surface area contributed by atoms with Crippen LogP contribution in [0.1, 0.15) is 28.5 Å². The van der Waals surface area contributed by atoms with Crippen LogP contribution in [0.5, 0.6) is 0 Å². The smallest absolute Gasteiger partial charge is 0.278 e. The molecule has 1 unspecified atom stereocenters. The molecule has 0 saturated heterocycles. The first-order valence-corrected chi connectivity index (χ1v) is 9.41. The molecule has 2 aromatic carbocycles. The van der Waals surface area contributed by atoms with Crippen molar-refractivity contribution in [3.05, 3.63) is 77.0 Å². The van der Waals surface area contributed by atoms with Gasteiger partial charge in [-0.25, -0.2) is 9.37 Å². The van der Waals surface area contributed by atoms with Crippen molar-refractivity contribution in [2.24, 2.45) is 0 Å². The highest BCUT2D eigenvalue weighted by molar-refractivity contribution is 5.60. The highest BCUT2D eigenvalue weighted by Gasteiger charge is 2.26. The molecule has 0 saturated carbocycles. The van der Waals surface area contributed by atoms with Crippen LogP contribution in [0.2, 0.25) is 0 Å². The third kappa shape index (κ3) is 3.23. The number of fused-ring (bicyclic) bond motifs is 1. The van der Waals surface area contributed by atoms with Crippen molar-refractivity contribution in [1.82, 2.24) is 19.7 Å². The lowest BCUT2D eigenvalue weighted by molar-refractivity contribution is 0.00326. The van der Waals surface area contributed by atoms with Crippen LogP contribution in [-0.2, 0) is 17.9 Å². The van der Waals surface area contributed by atoms with Gasteiger partial charge in [0, 0.05) is 5.56 Å². The van der Waals surface area contributed by atoms with E-state index in [-0.39, 0.29) is 11.9 Å². The number of hydrogen-bond donors (Lipinski definition) is 0. The van der Waals surface area contributed by atoms with Crippen LogP contribution < -0.4 is 0 Å². The number of rotatable bonds is 3. The third-order valence-electron chi connectivity index (χ3n) is 5.37. The zero-order valence-electron chi connectivity index (χ0n) is 16.1. The van der Waals surface area contributed by atoms with Gasteiger partial charge in [-0.1, -0.05) is 29.4 Å². The number of halogens is 1. The van der Waals surface area contributed by atoms with E-state index in [0.29, 0.717) is 30.6 Å². The molecule has 29 heavy (non-hydrogen) atoms. The Morgan fingerprint density at radius 2 is 1.90 bits per heavy atom. The fourth-order valence-electron chi connectivity index (χ4n) is 3.50. The van der Waals surface area contributed by atoms with Crippen molar-refractivity contribution in [2.45, 2.75) is 33.1 Å². The molecule has 0 bridgehead atoms. The average molecular weight is 390 g/mol. The maximum atomic E-state index is 13.2. The van der Waals surface area contributed by atoms with Gasteiger partial charge in [0.2, 0.25) is 5.82 Å². The summed E-state index contributed by atoms with van der Waals surface area (Å²) in [6, 6.07) is 12.5. The van der Waals surface area contributed by atoms with Crippen LogP contribution in [-0.4, -0.2) is 19.7 Å². The Morgan fingerprint density at radius 3 is 2.69 bits per heavy atom. The lowest BCUT2D eigenvalue weighted by Crippen LogP contribution is -2.20. The standard InChI is InChI=1S/C22H19FN4O2/c1-13-3-4-16(9-14(13)2)21-25-22(29-26-21)20-18-11-28-19(10-27(18)12-24-20)15-5-7-17(23)8-6-15/h3-9,12,19H,10-11H2,1-2H3. The first-order chi connectivity index (χ1) is 14.1. The molecule has 0 radical (unpaired) electrons. The third-order valence-corrected chi connectivity index (χ3v) is 5.37. The molecule has 146 valence electrons. The molecule has 0 amide bonds. The first-order valence-electron chi connectivity index (χ1n) is 9.41. The van der Waals surface area contributed by atoms with E-state index in [0.717, 1.165) is 16.8 Å². The Hall–Kier alpha value is -3.32. The number of imidazole rings is 1. The SMILES string of the molecule is Cc1ccc(-c2noc(-c3ncn4c3COC(c3ccc(F)cc3)C4)n2)cc1C. The quantitative estimate of drug-likeness (QED) is 0.510. The minimum atomic E-state index is -0.258. The fourth-order valence-corrected chi connectivity index (χ4v) is 3.50. The van der Waals surface area contributed by atoms with Crippen molar-refractivity contribution >= 4 is 0 Å². The number of aryl methyl sites for hydroxylation is 2.